The largest absolute Gasteiger partial charge is 0.478 e. The van der Waals surface area contributed by atoms with E-state index >= 15 is 0 Å². The van der Waals surface area contributed by atoms with Crippen LogP contribution in [-0.2, 0) is 33.2 Å². The molecule has 0 amide bonds. The molecule has 0 aliphatic rings. The Labute approximate surface area is 199 Å². The Hall–Kier alpha value is -1.07. The van der Waals surface area contributed by atoms with Crippen molar-refractivity contribution in [2.75, 3.05) is 41.7 Å². The van der Waals surface area contributed by atoms with Crippen molar-refractivity contribution in [2.24, 2.45) is 0 Å². The molecule has 4 atom stereocenters. The number of unbranched alkanes of at least 4 members (excludes halogenated alkanes) is 7. The molecule has 0 radical (unpaired) electrons. The fourth-order valence-corrected chi connectivity index (χ4v) is 3.49. The molecule has 0 saturated heterocycles. The third kappa shape index (κ3) is 19.0. The second-order valence-electron chi connectivity index (χ2n) is 8.14. The van der Waals surface area contributed by atoms with Gasteiger partial charge < -0.3 is 38.6 Å². The summed E-state index contributed by atoms with van der Waals surface area (Å²) in [7, 11) is 4.56. The molecule has 2 N–H and O–H groups in total. The minimum Gasteiger partial charge on any atom is -0.478 e. The standard InChI is InChI=1S/C24H46O9/c1-20(25)13-11-9-7-5-6-8-10-12-14-21(31-17-28-2)24(33-19-30-4)22(32-18-29-3)15-16-23(26)27/h15-16,20-22,24-25H,5-14,17-19H2,1-4H3,(H,26,27)/b16-15+/t20-,21+,22+,24-/m0/s1. The van der Waals surface area contributed by atoms with Crippen LogP contribution >= 0.6 is 0 Å². The molecule has 9 nitrogen and oxygen atoms in total. The Balaban J connectivity index is 4.75. The third-order valence-electron chi connectivity index (χ3n) is 5.14. The summed E-state index contributed by atoms with van der Waals surface area (Å²) in [5.41, 5.74) is 0. The number of carbonyl (C=O) groups is 1. The van der Waals surface area contributed by atoms with Gasteiger partial charge in [0.05, 0.1) is 12.2 Å². The topological polar surface area (TPSA) is 113 Å². The van der Waals surface area contributed by atoms with Crippen LogP contribution in [0.25, 0.3) is 0 Å². The average Bonchev–Trinajstić information content (AvgIpc) is 2.78. The van der Waals surface area contributed by atoms with Crippen molar-refractivity contribution in [1.82, 2.24) is 0 Å². The van der Waals surface area contributed by atoms with E-state index in [9.17, 15) is 9.90 Å². The maximum Gasteiger partial charge on any atom is 0.328 e. The molecular weight excluding hydrogens is 432 g/mol. The first kappa shape index (κ1) is 31.9. The van der Waals surface area contributed by atoms with Crippen LogP contribution in [0, 0.1) is 0 Å². The average molecular weight is 479 g/mol. The summed E-state index contributed by atoms with van der Waals surface area (Å²) in [4.78, 5) is 11.0. The van der Waals surface area contributed by atoms with E-state index in [1.165, 1.54) is 46.0 Å². The molecule has 0 aliphatic heterocycles. The lowest BCUT2D eigenvalue weighted by molar-refractivity contribution is -0.199. The van der Waals surface area contributed by atoms with Crippen LogP contribution in [0.4, 0.5) is 0 Å². The SMILES string of the molecule is COCO[C@H]([C@@H](/C=C/C(=O)O)OCOC)[C@@H](CCCCCCCCCC[C@H](C)O)OCOC. The van der Waals surface area contributed by atoms with Crippen molar-refractivity contribution in [3.05, 3.63) is 12.2 Å². The molecule has 0 fully saturated rings. The number of carboxylic acid groups (broad SMARTS) is 1. The van der Waals surface area contributed by atoms with E-state index in [0.29, 0.717) is 6.42 Å². The zero-order chi connectivity index (χ0) is 24.7. The molecule has 0 bridgehead atoms. The van der Waals surface area contributed by atoms with Crippen LogP contribution in [0.2, 0.25) is 0 Å². The monoisotopic (exact) mass is 478 g/mol. The minimum atomic E-state index is -1.08. The molecule has 0 rings (SSSR count). The maximum atomic E-state index is 11.0. The van der Waals surface area contributed by atoms with Crippen molar-refractivity contribution in [3.63, 3.8) is 0 Å². The highest BCUT2D eigenvalue weighted by atomic mass is 16.7. The van der Waals surface area contributed by atoms with Crippen molar-refractivity contribution < 1.29 is 43.4 Å². The van der Waals surface area contributed by atoms with Crippen LogP contribution in [0.3, 0.4) is 0 Å². The van der Waals surface area contributed by atoms with Crippen molar-refractivity contribution >= 4 is 5.97 Å². The van der Waals surface area contributed by atoms with E-state index in [1.807, 2.05) is 6.92 Å². The number of ether oxygens (including phenoxy) is 6. The van der Waals surface area contributed by atoms with E-state index in [1.54, 1.807) is 7.11 Å². The number of aliphatic hydroxyl groups excluding tert-OH is 1. The first-order chi connectivity index (χ1) is 16.0. The second-order valence-corrected chi connectivity index (χ2v) is 8.14. The van der Waals surface area contributed by atoms with Gasteiger partial charge in [0.25, 0.3) is 0 Å². The van der Waals surface area contributed by atoms with Gasteiger partial charge in [-0.1, -0.05) is 51.4 Å². The summed E-state index contributed by atoms with van der Waals surface area (Å²) in [6.07, 6.45) is 11.2. The molecule has 0 aromatic heterocycles. The molecule has 0 spiro atoms. The van der Waals surface area contributed by atoms with Gasteiger partial charge in [-0.15, -0.1) is 0 Å². The molecule has 0 saturated carbocycles. The first-order valence-corrected chi connectivity index (χ1v) is 11.9. The fraction of sp³-hybridized carbons (Fsp3) is 0.875. The third-order valence-corrected chi connectivity index (χ3v) is 5.14. The molecule has 0 aromatic rings. The number of aliphatic carboxylic acids is 1. The summed E-state index contributed by atoms with van der Waals surface area (Å²) in [5.74, 6) is -1.08. The van der Waals surface area contributed by atoms with Crippen molar-refractivity contribution in [2.45, 2.75) is 95.5 Å². The zero-order valence-corrected chi connectivity index (χ0v) is 20.9. The highest BCUT2D eigenvalue weighted by Crippen LogP contribution is 2.21. The molecule has 196 valence electrons. The van der Waals surface area contributed by atoms with Crippen molar-refractivity contribution in [1.29, 1.82) is 0 Å². The fourth-order valence-electron chi connectivity index (χ4n) is 3.49. The van der Waals surface area contributed by atoms with Gasteiger partial charge in [0.15, 0.2) is 0 Å². The Morgan fingerprint density at radius 1 is 0.758 bits per heavy atom. The molecule has 0 heterocycles. The van der Waals surface area contributed by atoms with Gasteiger partial charge in [-0.2, -0.15) is 0 Å². The highest BCUT2D eigenvalue weighted by Gasteiger charge is 2.31. The van der Waals surface area contributed by atoms with Crippen molar-refractivity contribution in [3.8, 4) is 0 Å². The van der Waals surface area contributed by atoms with E-state index < -0.39 is 18.2 Å². The van der Waals surface area contributed by atoms with Gasteiger partial charge in [0.2, 0.25) is 0 Å². The van der Waals surface area contributed by atoms with E-state index in [0.717, 1.165) is 38.2 Å². The van der Waals surface area contributed by atoms with Gasteiger partial charge in [-0.3, -0.25) is 0 Å². The van der Waals surface area contributed by atoms with Crippen LogP contribution < -0.4 is 0 Å². The molecule has 0 unspecified atom stereocenters. The molecular formula is C24H46O9. The number of hydrogen-bond acceptors (Lipinski definition) is 8. The lowest BCUT2D eigenvalue weighted by Gasteiger charge is -2.31. The predicted molar refractivity (Wildman–Crippen MR) is 125 cm³/mol. The summed E-state index contributed by atoms with van der Waals surface area (Å²) in [6, 6.07) is 0. The lowest BCUT2D eigenvalue weighted by Crippen LogP contribution is -2.43. The zero-order valence-electron chi connectivity index (χ0n) is 20.9. The minimum absolute atomic E-state index is 0.0142. The van der Waals surface area contributed by atoms with Gasteiger partial charge in [-0.05, 0) is 25.8 Å². The van der Waals surface area contributed by atoms with E-state index in [2.05, 4.69) is 0 Å². The predicted octanol–water partition coefficient (Wildman–Crippen LogP) is 3.88. The number of carboxylic acids is 1. The molecule has 33 heavy (non-hydrogen) atoms. The number of methoxy groups -OCH3 is 3. The molecule has 9 heteroatoms. The Kier molecular flexibility index (Phi) is 22.0. The van der Waals surface area contributed by atoms with Crippen LogP contribution in [0.1, 0.15) is 71.1 Å². The van der Waals surface area contributed by atoms with E-state index in [-0.39, 0.29) is 32.6 Å². The smallest absolute Gasteiger partial charge is 0.328 e. The maximum absolute atomic E-state index is 11.0. The summed E-state index contributed by atoms with van der Waals surface area (Å²) >= 11 is 0. The number of rotatable bonds is 24. The highest BCUT2D eigenvalue weighted by molar-refractivity contribution is 5.79. The summed E-state index contributed by atoms with van der Waals surface area (Å²) in [5, 5.41) is 18.3. The summed E-state index contributed by atoms with van der Waals surface area (Å²) < 4.78 is 32.6. The summed E-state index contributed by atoms with van der Waals surface area (Å²) in [6.45, 7) is 1.92. The van der Waals surface area contributed by atoms with Crippen LogP contribution in [0.5, 0.6) is 0 Å². The first-order valence-electron chi connectivity index (χ1n) is 11.9. The Morgan fingerprint density at radius 3 is 1.76 bits per heavy atom. The Bertz CT molecular complexity index is 471. The Morgan fingerprint density at radius 2 is 1.24 bits per heavy atom. The number of hydrogen-bond donors (Lipinski definition) is 2. The van der Waals surface area contributed by atoms with Gasteiger partial charge >= 0.3 is 5.97 Å². The van der Waals surface area contributed by atoms with Gasteiger partial charge in [0.1, 0.15) is 32.6 Å². The van der Waals surface area contributed by atoms with E-state index in [4.69, 9.17) is 33.5 Å². The number of aliphatic hydroxyl groups is 1. The lowest BCUT2D eigenvalue weighted by atomic mass is 9.99. The second kappa shape index (κ2) is 22.7. The molecule has 0 aliphatic carbocycles. The van der Waals surface area contributed by atoms with Crippen LogP contribution in [-0.4, -0.2) is 82.3 Å². The van der Waals surface area contributed by atoms with Crippen LogP contribution in [0.15, 0.2) is 12.2 Å². The molecule has 0 aromatic carbocycles. The van der Waals surface area contributed by atoms with Gasteiger partial charge in [0, 0.05) is 27.4 Å². The quantitative estimate of drug-likeness (QED) is 0.121. The normalized spacial score (nSPS) is 15.5. The van der Waals surface area contributed by atoms with Gasteiger partial charge in [-0.25, -0.2) is 4.79 Å².